The number of benzene rings is 1. The van der Waals surface area contributed by atoms with Gasteiger partial charge in [-0.25, -0.2) is 4.98 Å². The van der Waals surface area contributed by atoms with Crippen molar-refractivity contribution in [1.82, 2.24) is 9.97 Å². The third-order valence-corrected chi connectivity index (χ3v) is 3.54. The van der Waals surface area contributed by atoms with E-state index >= 15 is 0 Å². The van der Waals surface area contributed by atoms with E-state index in [1.54, 1.807) is 6.20 Å². The SMILES string of the molecule is FC(F)(F)c1ccc(Nc2nccc(N3CCCC3)n2)cc1. The summed E-state index contributed by atoms with van der Waals surface area (Å²) in [6, 6.07) is 6.64. The summed E-state index contributed by atoms with van der Waals surface area (Å²) in [6.07, 6.45) is -0.394. The number of halogens is 3. The summed E-state index contributed by atoms with van der Waals surface area (Å²) < 4.78 is 37.6. The molecule has 1 saturated heterocycles. The minimum atomic E-state index is -4.33. The fraction of sp³-hybridized carbons (Fsp3) is 0.333. The lowest BCUT2D eigenvalue weighted by molar-refractivity contribution is -0.137. The predicted molar refractivity (Wildman–Crippen MR) is 78.2 cm³/mol. The van der Waals surface area contributed by atoms with E-state index in [0.29, 0.717) is 11.6 Å². The van der Waals surface area contributed by atoms with Gasteiger partial charge in [-0.15, -0.1) is 0 Å². The van der Waals surface area contributed by atoms with Crippen molar-refractivity contribution in [1.29, 1.82) is 0 Å². The Kier molecular flexibility index (Phi) is 3.87. The average Bonchev–Trinajstić information content (AvgIpc) is 3.01. The van der Waals surface area contributed by atoms with Crippen LogP contribution in [0.1, 0.15) is 18.4 Å². The first-order chi connectivity index (χ1) is 10.5. The van der Waals surface area contributed by atoms with E-state index in [1.807, 2.05) is 6.07 Å². The molecule has 0 atom stereocenters. The number of anilines is 3. The molecule has 1 N–H and O–H groups in total. The molecule has 1 aliphatic heterocycles. The Morgan fingerprint density at radius 1 is 1.00 bits per heavy atom. The molecule has 0 spiro atoms. The highest BCUT2D eigenvalue weighted by atomic mass is 19.4. The molecule has 1 aromatic carbocycles. The van der Waals surface area contributed by atoms with Gasteiger partial charge >= 0.3 is 6.18 Å². The number of alkyl halides is 3. The van der Waals surface area contributed by atoms with Crippen molar-refractivity contribution in [2.75, 3.05) is 23.3 Å². The second-order valence-electron chi connectivity index (χ2n) is 5.13. The van der Waals surface area contributed by atoms with Crippen molar-refractivity contribution in [3.63, 3.8) is 0 Å². The third kappa shape index (κ3) is 3.29. The summed E-state index contributed by atoms with van der Waals surface area (Å²) in [4.78, 5) is 10.7. The smallest absolute Gasteiger partial charge is 0.356 e. The highest BCUT2D eigenvalue weighted by Crippen LogP contribution is 2.30. The zero-order chi connectivity index (χ0) is 15.6. The second-order valence-corrected chi connectivity index (χ2v) is 5.13. The molecule has 0 unspecified atom stereocenters. The molecule has 0 saturated carbocycles. The normalized spacial score (nSPS) is 15.1. The van der Waals surface area contributed by atoms with Gasteiger partial charge < -0.3 is 10.2 Å². The fourth-order valence-corrected chi connectivity index (χ4v) is 2.40. The number of hydrogen-bond donors (Lipinski definition) is 1. The molecule has 0 bridgehead atoms. The van der Waals surface area contributed by atoms with Gasteiger partial charge in [0.2, 0.25) is 5.95 Å². The Morgan fingerprint density at radius 3 is 2.32 bits per heavy atom. The molecule has 1 aliphatic rings. The van der Waals surface area contributed by atoms with E-state index in [1.165, 1.54) is 12.1 Å². The Balaban J connectivity index is 1.74. The average molecular weight is 308 g/mol. The molecule has 7 heteroatoms. The van der Waals surface area contributed by atoms with Gasteiger partial charge in [-0.05, 0) is 43.2 Å². The zero-order valence-corrected chi connectivity index (χ0v) is 11.8. The van der Waals surface area contributed by atoms with Crippen LogP contribution in [0.4, 0.5) is 30.6 Å². The first-order valence-corrected chi connectivity index (χ1v) is 7.05. The van der Waals surface area contributed by atoms with Gasteiger partial charge in [-0.1, -0.05) is 0 Å². The van der Waals surface area contributed by atoms with Crippen LogP contribution in [0.25, 0.3) is 0 Å². The maximum Gasteiger partial charge on any atom is 0.416 e. The Morgan fingerprint density at radius 2 is 1.68 bits per heavy atom. The minimum absolute atomic E-state index is 0.379. The number of aromatic nitrogens is 2. The van der Waals surface area contributed by atoms with Crippen LogP contribution in [0.15, 0.2) is 36.5 Å². The van der Waals surface area contributed by atoms with Crippen molar-refractivity contribution >= 4 is 17.5 Å². The van der Waals surface area contributed by atoms with Gasteiger partial charge in [-0.3, -0.25) is 0 Å². The lowest BCUT2D eigenvalue weighted by Crippen LogP contribution is -2.19. The van der Waals surface area contributed by atoms with Crippen LogP contribution in [-0.2, 0) is 6.18 Å². The lowest BCUT2D eigenvalue weighted by Gasteiger charge is -2.16. The van der Waals surface area contributed by atoms with E-state index in [-0.39, 0.29) is 0 Å². The molecule has 2 heterocycles. The molecule has 0 radical (unpaired) electrons. The Labute approximate surface area is 126 Å². The predicted octanol–water partition coefficient (Wildman–Crippen LogP) is 3.84. The maximum absolute atomic E-state index is 12.5. The summed E-state index contributed by atoms with van der Waals surface area (Å²) in [7, 11) is 0. The van der Waals surface area contributed by atoms with Gasteiger partial charge in [0.05, 0.1) is 5.56 Å². The molecule has 4 nitrogen and oxygen atoms in total. The van der Waals surface area contributed by atoms with Crippen molar-refractivity contribution < 1.29 is 13.2 Å². The van der Waals surface area contributed by atoms with Gasteiger partial charge in [0.15, 0.2) is 0 Å². The van der Waals surface area contributed by atoms with Gasteiger partial charge in [0.25, 0.3) is 0 Å². The molecule has 2 aromatic rings. The molecule has 0 aliphatic carbocycles. The number of hydrogen-bond acceptors (Lipinski definition) is 4. The Hall–Kier alpha value is -2.31. The monoisotopic (exact) mass is 308 g/mol. The van der Waals surface area contributed by atoms with Crippen LogP contribution in [0, 0.1) is 0 Å². The van der Waals surface area contributed by atoms with Crippen molar-refractivity contribution in [3.05, 3.63) is 42.1 Å². The largest absolute Gasteiger partial charge is 0.416 e. The maximum atomic E-state index is 12.5. The van der Waals surface area contributed by atoms with Crippen LogP contribution in [0.3, 0.4) is 0 Å². The second kappa shape index (κ2) is 5.82. The van der Waals surface area contributed by atoms with Crippen molar-refractivity contribution in [3.8, 4) is 0 Å². The zero-order valence-electron chi connectivity index (χ0n) is 11.8. The molecule has 1 aromatic heterocycles. The molecular formula is C15H15F3N4. The quantitative estimate of drug-likeness (QED) is 0.935. The van der Waals surface area contributed by atoms with Gasteiger partial charge in [0.1, 0.15) is 5.82 Å². The molecule has 116 valence electrons. The van der Waals surface area contributed by atoms with E-state index < -0.39 is 11.7 Å². The molecule has 0 amide bonds. The van der Waals surface area contributed by atoms with Crippen LogP contribution in [0.5, 0.6) is 0 Å². The summed E-state index contributed by atoms with van der Waals surface area (Å²) in [6.45, 7) is 1.94. The first-order valence-electron chi connectivity index (χ1n) is 7.05. The highest BCUT2D eigenvalue weighted by molar-refractivity contribution is 5.55. The number of rotatable bonds is 3. The molecule has 3 rings (SSSR count). The number of nitrogens with zero attached hydrogens (tertiary/aromatic N) is 3. The highest BCUT2D eigenvalue weighted by Gasteiger charge is 2.29. The fourth-order valence-electron chi connectivity index (χ4n) is 2.40. The summed E-state index contributed by atoms with van der Waals surface area (Å²) in [5.74, 6) is 1.21. The summed E-state index contributed by atoms with van der Waals surface area (Å²) in [5.41, 5.74) is -0.156. The number of nitrogens with one attached hydrogen (secondary N) is 1. The van der Waals surface area contributed by atoms with Crippen LogP contribution >= 0.6 is 0 Å². The van der Waals surface area contributed by atoms with E-state index in [2.05, 4.69) is 20.2 Å². The third-order valence-electron chi connectivity index (χ3n) is 3.54. The molecular weight excluding hydrogens is 293 g/mol. The molecule has 22 heavy (non-hydrogen) atoms. The van der Waals surface area contributed by atoms with Crippen molar-refractivity contribution in [2.45, 2.75) is 19.0 Å². The van der Waals surface area contributed by atoms with Crippen LogP contribution in [0.2, 0.25) is 0 Å². The van der Waals surface area contributed by atoms with E-state index in [4.69, 9.17) is 0 Å². The van der Waals surface area contributed by atoms with E-state index in [9.17, 15) is 13.2 Å². The van der Waals surface area contributed by atoms with Gasteiger partial charge in [0, 0.05) is 25.0 Å². The first kappa shape index (κ1) is 14.6. The van der Waals surface area contributed by atoms with Crippen molar-refractivity contribution in [2.24, 2.45) is 0 Å². The topological polar surface area (TPSA) is 41.1 Å². The lowest BCUT2D eigenvalue weighted by atomic mass is 10.2. The molecule has 1 fully saturated rings. The van der Waals surface area contributed by atoms with Crippen LogP contribution in [-0.4, -0.2) is 23.1 Å². The summed E-state index contributed by atoms with van der Waals surface area (Å²) >= 11 is 0. The summed E-state index contributed by atoms with van der Waals surface area (Å²) in [5, 5.41) is 2.93. The standard InChI is InChI=1S/C15H15F3N4/c16-15(17,18)11-3-5-12(6-4-11)20-14-19-8-7-13(21-14)22-9-1-2-10-22/h3-8H,1-2,9-10H2,(H,19,20,21). The van der Waals surface area contributed by atoms with Gasteiger partial charge in [-0.2, -0.15) is 18.2 Å². The van der Waals surface area contributed by atoms with E-state index in [0.717, 1.165) is 43.9 Å². The van der Waals surface area contributed by atoms with Crippen LogP contribution < -0.4 is 10.2 Å². The minimum Gasteiger partial charge on any atom is -0.356 e. The Bertz CT molecular complexity index is 634.